The van der Waals surface area contributed by atoms with E-state index in [-0.39, 0.29) is 6.03 Å². The summed E-state index contributed by atoms with van der Waals surface area (Å²) in [6.45, 7) is 7.71. The topological polar surface area (TPSA) is 73.8 Å². The summed E-state index contributed by atoms with van der Waals surface area (Å²) in [6, 6.07) is 9.06. The van der Waals surface area contributed by atoms with E-state index < -0.39 is 0 Å². The van der Waals surface area contributed by atoms with E-state index in [2.05, 4.69) is 20.1 Å². The summed E-state index contributed by atoms with van der Waals surface area (Å²) < 4.78 is 5.44. The lowest BCUT2D eigenvalue weighted by atomic mass is 10.3. The molecule has 1 aromatic carbocycles. The summed E-state index contributed by atoms with van der Waals surface area (Å²) in [5.41, 5.74) is 1.64. The standard InChI is InChI=1S/C20H25ClN6O2/c1-15-13-18(25-9-11-29-12-10-25)24-19(22-15)26-5-7-27(8-6-26)20(28)23-17-4-2-3-16(21)14-17/h2-4,13-14H,5-12H2,1H3,(H,23,28). The van der Waals surface area contributed by atoms with E-state index >= 15 is 0 Å². The Morgan fingerprint density at radius 2 is 1.79 bits per heavy atom. The van der Waals surface area contributed by atoms with Crippen molar-refractivity contribution in [2.24, 2.45) is 0 Å². The third-order valence-electron chi connectivity index (χ3n) is 5.09. The van der Waals surface area contributed by atoms with Gasteiger partial charge in [-0.2, -0.15) is 4.98 Å². The van der Waals surface area contributed by atoms with Crippen molar-refractivity contribution in [3.63, 3.8) is 0 Å². The Balaban J connectivity index is 1.38. The van der Waals surface area contributed by atoms with Gasteiger partial charge in [0, 0.05) is 61.7 Å². The van der Waals surface area contributed by atoms with Gasteiger partial charge in [-0.3, -0.25) is 0 Å². The van der Waals surface area contributed by atoms with Gasteiger partial charge in [-0.1, -0.05) is 17.7 Å². The molecule has 8 nitrogen and oxygen atoms in total. The van der Waals surface area contributed by atoms with Gasteiger partial charge in [0.1, 0.15) is 5.82 Å². The third-order valence-corrected chi connectivity index (χ3v) is 5.32. The molecular weight excluding hydrogens is 392 g/mol. The number of urea groups is 1. The predicted molar refractivity (Wildman–Crippen MR) is 114 cm³/mol. The van der Waals surface area contributed by atoms with E-state index in [0.29, 0.717) is 36.9 Å². The fraction of sp³-hybridized carbons (Fsp3) is 0.450. The van der Waals surface area contributed by atoms with E-state index in [0.717, 1.165) is 43.8 Å². The smallest absolute Gasteiger partial charge is 0.321 e. The molecule has 0 saturated carbocycles. The molecule has 29 heavy (non-hydrogen) atoms. The van der Waals surface area contributed by atoms with Crippen LogP contribution in [0, 0.1) is 6.92 Å². The quantitative estimate of drug-likeness (QED) is 0.829. The molecule has 2 aliphatic rings. The first-order valence-electron chi connectivity index (χ1n) is 9.83. The zero-order valence-electron chi connectivity index (χ0n) is 16.5. The molecule has 2 fully saturated rings. The SMILES string of the molecule is Cc1cc(N2CCOCC2)nc(N2CCN(C(=O)Nc3cccc(Cl)c3)CC2)n1. The van der Waals surface area contributed by atoms with Crippen LogP contribution < -0.4 is 15.1 Å². The Morgan fingerprint density at radius 1 is 1.03 bits per heavy atom. The molecule has 2 aromatic rings. The Hall–Kier alpha value is -2.58. The number of nitrogens with zero attached hydrogens (tertiary/aromatic N) is 5. The zero-order chi connectivity index (χ0) is 20.2. The van der Waals surface area contributed by atoms with Gasteiger partial charge in [-0.25, -0.2) is 9.78 Å². The summed E-state index contributed by atoms with van der Waals surface area (Å²) in [5.74, 6) is 1.67. The monoisotopic (exact) mass is 416 g/mol. The molecule has 0 aliphatic carbocycles. The number of piperazine rings is 1. The molecule has 0 atom stereocenters. The van der Waals surface area contributed by atoms with Crippen molar-refractivity contribution in [1.82, 2.24) is 14.9 Å². The molecule has 2 amide bonds. The third kappa shape index (κ3) is 4.89. The summed E-state index contributed by atoms with van der Waals surface area (Å²) >= 11 is 5.99. The maximum absolute atomic E-state index is 12.5. The number of aromatic nitrogens is 2. The normalized spacial score (nSPS) is 17.4. The van der Waals surface area contributed by atoms with Crippen LogP contribution in [0.2, 0.25) is 5.02 Å². The highest BCUT2D eigenvalue weighted by Crippen LogP contribution is 2.20. The van der Waals surface area contributed by atoms with Gasteiger partial charge < -0.3 is 24.8 Å². The number of rotatable bonds is 3. The van der Waals surface area contributed by atoms with Gasteiger partial charge in [0.25, 0.3) is 0 Å². The van der Waals surface area contributed by atoms with Gasteiger partial charge in [-0.05, 0) is 25.1 Å². The number of nitrogens with one attached hydrogen (secondary N) is 1. The molecule has 154 valence electrons. The molecule has 3 heterocycles. The molecule has 9 heteroatoms. The molecule has 1 aromatic heterocycles. The van der Waals surface area contributed by atoms with Crippen LogP contribution in [0.1, 0.15) is 5.69 Å². The molecule has 4 rings (SSSR count). The number of carbonyl (C=O) groups is 1. The minimum absolute atomic E-state index is 0.119. The first-order chi connectivity index (χ1) is 14.1. The molecular formula is C20H25ClN6O2. The molecule has 2 saturated heterocycles. The highest BCUT2D eigenvalue weighted by molar-refractivity contribution is 6.30. The Labute approximate surface area is 175 Å². The number of halogens is 1. The van der Waals surface area contributed by atoms with Crippen molar-refractivity contribution in [1.29, 1.82) is 0 Å². The number of aryl methyl sites for hydroxylation is 1. The first-order valence-corrected chi connectivity index (χ1v) is 10.2. The van der Waals surface area contributed by atoms with Gasteiger partial charge in [-0.15, -0.1) is 0 Å². The minimum Gasteiger partial charge on any atom is -0.378 e. The summed E-state index contributed by atoms with van der Waals surface area (Å²) in [6.07, 6.45) is 0. The second-order valence-electron chi connectivity index (χ2n) is 7.18. The van der Waals surface area contributed by atoms with Crippen molar-refractivity contribution in [3.8, 4) is 0 Å². The van der Waals surface area contributed by atoms with E-state index in [9.17, 15) is 4.79 Å². The number of anilines is 3. The largest absolute Gasteiger partial charge is 0.378 e. The average molecular weight is 417 g/mol. The zero-order valence-corrected chi connectivity index (χ0v) is 17.2. The number of ether oxygens (including phenoxy) is 1. The number of hydrogen-bond acceptors (Lipinski definition) is 6. The van der Waals surface area contributed by atoms with Crippen LogP contribution >= 0.6 is 11.6 Å². The van der Waals surface area contributed by atoms with Crippen LogP contribution in [-0.2, 0) is 4.74 Å². The fourth-order valence-electron chi connectivity index (χ4n) is 3.51. The van der Waals surface area contributed by atoms with Crippen molar-refractivity contribution < 1.29 is 9.53 Å². The maximum Gasteiger partial charge on any atom is 0.321 e. The fourth-order valence-corrected chi connectivity index (χ4v) is 3.70. The average Bonchev–Trinajstić information content (AvgIpc) is 2.74. The van der Waals surface area contributed by atoms with E-state index in [4.69, 9.17) is 21.3 Å². The molecule has 0 spiro atoms. The van der Waals surface area contributed by atoms with Crippen molar-refractivity contribution >= 4 is 35.1 Å². The van der Waals surface area contributed by atoms with Crippen molar-refractivity contribution in [3.05, 3.63) is 41.0 Å². The Kier molecular flexibility index (Phi) is 6.01. The highest BCUT2D eigenvalue weighted by atomic mass is 35.5. The van der Waals surface area contributed by atoms with Crippen LogP contribution in [0.3, 0.4) is 0 Å². The van der Waals surface area contributed by atoms with Crippen LogP contribution in [0.5, 0.6) is 0 Å². The molecule has 0 unspecified atom stereocenters. The van der Waals surface area contributed by atoms with Crippen LogP contribution in [0.4, 0.5) is 22.2 Å². The van der Waals surface area contributed by atoms with Crippen molar-refractivity contribution in [2.45, 2.75) is 6.92 Å². The Bertz CT molecular complexity index is 866. The number of carbonyl (C=O) groups excluding carboxylic acids is 1. The van der Waals surface area contributed by atoms with Crippen LogP contribution in [-0.4, -0.2) is 73.4 Å². The van der Waals surface area contributed by atoms with E-state index in [1.54, 1.807) is 17.0 Å². The maximum atomic E-state index is 12.5. The number of benzene rings is 1. The van der Waals surface area contributed by atoms with Gasteiger partial charge in [0.2, 0.25) is 5.95 Å². The second-order valence-corrected chi connectivity index (χ2v) is 7.62. The lowest BCUT2D eigenvalue weighted by Gasteiger charge is -2.35. The Morgan fingerprint density at radius 3 is 2.52 bits per heavy atom. The lowest BCUT2D eigenvalue weighted by molar-refractivity contribution is 0.122. The van der Waals surface area contributed by atoms with Crippen molar-refractivity contribution in [2.75, 3.05) is 67.6 Å². The number of morpholine rings is 1. The van der Waals surface area contributed by atoms with Crippen LogP contribution in [0.15, 0.2) is 30.3 Å². The lowest BCUT2D eigenvalue weighted by Crippen LogP contribution is -2.50. The predicted octanol–water partition coefficient (Wildman–Crippen LogP) is 2.63. The summed E-state index contributed by atoms with van der Waals surface area (Å²) in [7, 11) is 0. The van der Waals surface area contributed by atoms with Gasteiger partial charge in [0.05, 0.1) is 13.2 Å². The van der Waals surface area contributed by atoms with E-state index in [1.165, 1.54) is 0 Å². The van der Waals surface area contributed by atoms with E-state index in [1.807, 2.05) is 25.1 Å². The second kappa shape index (κ2) is 8.84. The number of amides is 2. The number of hydrogen-bond donors (Lipinski definition) is 1. The summed E-state index contributed by atoms with van der Waals surface area (Å²) in [4.78, 5) is 28.1. The van der Waals surface area contributed by atoms with Gasteiger partial charge in [0.15, 0.2) is 0 Å². The highest BCUT2D eigenvalue weighted by Gasteiger charge is 2.24. The molecule has 0 radical (unpaired) electrons. The molecule has 0 bridgehead atoms. The molecule has 1 N–H and O–H groups in total. The first kappa shape index (κ1) is 19.7. The summed E-state index contributed by atoms with van der Waals surface area (Å²) in [5, 5.41) is 3.50. The van der Waals surface area contributed by atoms with Crippen LogP contribution in [0.25, 0.3) is 0 Å². The minimum atomic E-state index is -0.119. The van der Waals surface area contributed by atoms with Gasteiger partial charge >= 0.3 is 6.03 Å². The molecule has 2 aliphatic heterocycles.